The van der Waals surface area contributed by atoms with Gasteiger partial charge >= 0.3 is 25.0 Å². The molecule has 0 radical (unpaired) electrons. The van der Waals surface area contributed by atoms with Crippen LogP contribution in [-0.2, 0) is 17.4 Å². The molecule has 0 aromatic heterocycles. The molecule has 0 spiro atoms. The molecule has 0 fully saturated rings. The Bertz CT molecular complexity index is 737. The van der Waals surface area contributed by atoms with Crippen LogP contribution in [0.4, 0.5) is 17.6 Å². The van der Waals surface area contributed by atoms with Crippen LogP contribution in [0.2, 0.25) is 0 Å². The first kappa shape index (κ1) is 23.8. The maximum absolute atomic E-state index is 13.4. The first-order valence-corrected chi connectivity index (χ1v) is 7.00. The van der Waals surface area contributed by atoms with E-state index in [1.807, 2.05) is 0 Å². The van der Waals surface area contributed by atoms with Crippen molar-refractivity contribution >= 4 is 6.29 Å². The predicted molar refractivity (Wildman–Crippen MR) is 87.3 cm³/mol. The molecule has 0 saturated heterocycles. The zero-order valence-corrected chi connectivity index (χ0v) is 14.2. The maximum atomic E-state index is 13.4. The molecule has 0 bridgehead atoms. The van der Waals surface area contributed by atoms with E-state index in [1.54, 1.807) is 18.2 Å². The Morgan fingerprint density at radius 3 is 2.12 bits per heavy atom. The summed E-state index contributed by atoms with van der Waals surface area (Å²) in [6, 6.07) is 7.44. The minimum absolute atomic E-state index is 0. The van der Waals surface area contributed by atoms with Crippen molar-refractivity contribution in [3.63, 3.8) is 0 Å². The molecule has 0 heterocycles. The summed E-state index contributed by atoms with van der Waals surface area (Å²) >= 11 is 0. The van der Waals surface area contributed by atoms with Crippen LogP contribution in [0, 0.1) is 19.7 Å². The van der Waals surface area contributed by atoms with E-state index in [-0.39, 0.29) is 24.6 Å². The number of allylic oxidation sites excluding steroid dienone is 1. The van der Waals surface area contributed by atoms with Gasteiger partial charge in [0, 0.05) is 6.07 Å². The Balaban J connectivity index is 0.00000113. The van der Waals surface area contributed by atoms with Crippen molar-refractivity contribution in [2.45, 2.75) is 12.6 Å². The van der Waals surface area contributed by atoms with Gasteiger partial charge in [-0.1, -0.05) is 0 Å². The van der Waals surface area contributed by atoms with Crippen molar-refractivity contribution in [1.29, 1.82) is 0 Å². The van der Waals surface area contributed by atoms with E-state index in [0.717, 1.165) is 17.7 Å². The predicted octanol–water partition coefficient (Wildman–Crippen LogP) is 2.48. The summed E-state index contributed by atoms with van der Waals surface area (Å²) in [4.78, 5) is 8.93. The molecule has 0 saturated carbocycles. The van der Waals surface area contributed by atoms with Gasteiger partial charge in [-0.3, -0.25) is 0 Å². The van der Waals surface area contributed by atoms with Crippen LogP contribution in [0.1, 0.15) is 16.7 Å². The second kappa shape index (κ2) is 10.7. The van der Waals surface area contributed by atoms with E-state index < -0.39 is 17.6 Å². The smallest absolute Gasteiger partial charge is 0.470 e. The second-order valence-electron chi connectivity index (χ2n) is 4.74. The van der Waals surface area contributed by atoms with Crippen molar-refractivity contribution in [1.82, 2.24) is 0 Å². The molecule has 7 heteroatoms. The van der Waals surface area contributed by atoms with Gasteiger partial charge in [-0.15, -0.1) is 12.1 Å². The van der Waals surface area contributed by atoms with E-state index in [1.165, 1.54) is 6.29 Å². The third-order valence-corrected chi connectivity index (χ3v) is 3.01. The second-order valence-corrected chi connectivity index (χ2v) is 4.74. The SMILES string of the molecule is C=C[C-]=O.[CH2-]Cc1ccc(Oc2ccc(C(F)(F)F)c(F)c2)cc1[CH2-].[Li+]. The first-order chi connectivity index (χ1) is 11.7. The van der Waals surface area contributed by atoms with Gasteiger partial charge in [0.15, 0.2) is 0 Å². The number of rotatable bonds is 4. The number of ether oxygens (including phenoxy) is 1. The van der Waals surface area contributed by atoms with E-state index in [0.29, 0.717) is 29.9 Å². The van der Waals surface area contributed by atoms with Gasteiger partial charge in [0.05, 0.1) is 11.3 Å². The first-order valence-electron chi connectivity index (χ1n) is 7.00. The Kier molecular flexibility index (Phi) is 9.85. The standard InChI is InChI=1S/C16H12F4O.C3H3O.Li/c1-3-11-4-5-12(8-10(11)2)21-13-6-7-14(15(17)9-13)16(18,19)20;1-2-3-4;/h4-9H,1-3H2;2H,1H2;/q-2;-1;+1. The number of benzene rings is 2. The molecule has 0 aliphatic heterocycles. The van der Waals surface area contributed by atoms with Gasteiger partial charge in [-0.25, -0.2) is 23.5 Å². The summed E-state index contributed by atoms with van der Waals surface area (Å²) in [5, 5.41) is 0. The number of halogens is 4. The van der Waals surface area contributed by atoms with Crippen LogP contribution in [0.3, 0.4) is 0 Å². The Hall–Kier alpha value is -2.16. The molecule has 0 N–H and O–H groups in total. The van der Waals surface area contributed by atoms with Crippen molar-refractivity contribution in [3.05, 3.63) is 85.4 Å². The fourth-order valence-corrected chi connectivity index (χ4v) is 1.83. The monoisotopic (exact) mass is 358 g/mol. The molecule has 2 aromatic rings. The fraction of sp³-hybridized carbons (Fsp3) is 0.105. The molecule has 2 rings (SSSR count). The van der Waals surface area contributed by atoms with Crippen molar-refractivity contribution in [3.8, 4) is 11.5 Å². The number of alkyl halides is 3. The van der Waals surface area contributed by atoms with E-state index >= 15 is 0 Å². The van der Waals surface area contributed by atoms with Crippen molar-refractivity contribution < 1.29 is 46.0 Å². The molecular formula is C19H15F4LiO2-2. The van der Waals surface area contributed by atoms with Gasteiger partial charge in [0.1, 0.15) is 11.6 Å². The summed E-state index contributed by atoms with van der Waals surface area (Å²) in [5.74, 6) is -1.01. The van der Waals surface area contributed by atoms with E-state index in [9.17, 15) is 17.6 Å². The van der Waals surface area contributed by atoms with Gasteiger partial charge in [0.2, 0.25) is 0 Å². The van der Waals surface area contributed by atoms with Crippen LogP contribution < -0.4 is 23.6 Å². The fourth-order valence-electron chi connectivity index (χ4n) is 1.83. The Morgan fingerprint density at radius 1 is 1.15 bits per heavy atom. The molecule has 2 aromatic carbocycles. The summed E-state index contributed by atoms with van der Waals surface area (Å²) in [6.45, 7) is 10.6. The summed E-state index contributed by atoms with van der Waals surface area (Å²) in [6.07, 6.45) is -1.65. The van der Waals surface area contributed by atoms with E-state index in [4.69, 9.17) is 9.53 Å². The maximum Gasteiger partial charge on any atom is 1.00 e. The molecule has 0 unspecified atom stereocenters. The zero-order valence-electron chi connectivity index (χ0n) is 14.2. The Labute approximate surface area is 162 Å². The third-order valence-electron chi connectivity index (χ3n) is 3.01. The van der Waals surface area contributed by atoms with Crippen LogP contribution in [0.5, 0.6) is 11.5 Å². The minimum atomic E-state index is -4.72. The largest absolute Gasteiger partial charge is 1.00 e. The van der Waals surface area contributed by atoms with Gasteiger partial charge < -0.3 is 16.5 Å². The van der Waals surface area contributed by atoms with Crippen LogP contribution in [0.25, 0.3) is 0 Å². The topological polar surface area (TPSA) is 26.3 Å². The Morgan fingerprint density at radius 2 is 1.69 bits per heavy atom. The summed E-state index contributed by atoms with van der Waals surface area (Å²) in [5.41, 5.74) is 0.316. The average molecular weight is 358 g/mol. The molecule has 0 aliphatic rings. The molecule has 134 valence electrons. The molecule has 0 atom stereocenters. The molecular weight excluding hydrogens is 343 g/mol. The van der Waals surface area contributed by atoms with Crippen molar-refractivity contribution in [2.75, 3.05) is 0 Å². The van der Waals surface area contributed by atoms with Crippen LogP contribution >= 0.6 is 0 Å². The minimum Gasteiger partial charge on any atom is -0.470 e. The van der Waals surface area contributed by atoms with Gasteiger partial charge in [-0.2, -0.15) is 31.2 Å². The molecule has 0 aliphatic carbocycles. The molecule has 2 nitrogen and oxygen atoms in total. The van der Waals surface area contributed by atoms with Crippen LogP contribution in [-0.4, -0.2) is 6.29 Å². The number of hydrogen-bond donors (Lipinski definition) is 0. The summed E-state index contributed by atoms with van der Waals surface area (Å²) in [7, 11) is 0. The number of carbonyl (C=O) groups excluding carboxylic acids is 1. The van der Waals surface area contributed by atoms with E-state index in [2.05, 4.69) is 20.4 Å². The molecule has 26 heavy (non-hydrogen) atoms. The normalized spacial score (nSPS) is 10.0. The third kappa shape index (κ3) is 6.99. The van der Waals surface area contributed by atoms with Crippen molar-refractivity contribution in [2.24, 2.45) is 0 Å². The quantitative estimate of drug-likeness (QED) is 0.363. The van der Waals surface area contributed by atoms with Gasteiger partial charge in [-0.05, 0) is 24.5 Å². The summed E-state index contributed by atoms with van der Waals surface area (Å²) < 4.78 is 56.1. The number of hydrogen-bond acceptors (Lipinski definition) is 2. The molecule has 0 amide bonds. The van der Waals surface area contributed by atoms with Gasteiger partial charge in [0.25, 0.3) is 0 Å². The zero-order chi connectivity index (χ0) is 19.0. The average Bonchev–Trinajstić information content (AvgIpc) is 2.54. The van der Waals surface area contributed by atoms with Crippen LogP contribution in [0.15, 0.2) is 49.1 Å².